The van der Waals surface area contributed by atoms with Crippen molar-refractivity contribution in [1.29, 1.82) is 0 Å². The molecule has 0 bridgehead atoms. The molecule has 1 N–H and O–H groups in total. The number of aryl methyl sites for hydroxylation is 1. The molecule has 1 aromatic carbocycles. The number of anilines is 2. The number of rotatable bonds is 9. The Morgan fingerprint density at radius 2 is 1.64 bits per heavy atom. The first-order chi connectivity index (χ1) is 16.8. The van der Waals surface area contributed by atoms with Crippen LogP contribution < -0.4 is 10.2 Å². The third-order valence-electron chi connectivity index (χ3n) is 5.65. The number of halogens is 3. The maximum atomic E-state index is 13.1. The first kappa shape index (κ1) is 29.0. The molecule has 1 heterocycles. The molecule has 0 saturated heterocycles. The lowest BCUT2D eigenvalue weighted by atomic mass is 9.98. The SMILES string of the molecule is CCCN(C(=O)C(C)C)c1nc(NC(=O)C(C)C)nc(C)c1C=CC(C)c1ccc(C(F)(F)F)cc1. The average Bonchev–Trinajstić information content (AvgIpc) is 2.80. The van der Waals surface area contributed by atoms with Crippen LogP contribution in [-0.4, -0.2) is 28.3 Å². The number of aromatic nitrogens is 2. The van der Waals surface area contributed by atoms with Crippen molar-refractivity contribution in [2.24, 2.45) is 11.8 Å². The number of nitrogens with one attached hydrogen (secondary N) is 1. The molecule has 9 heteroatoms. The first-order valence-electron chi connectivity index (χ1n) is 12.1. The Morgan fingerprint density at radius 1 is 1.03 bits per heavy atom. The van der Waals surface area contributed by atoms with Crippen LogP contribution in [-0.2, 0) is 15.8 Å². The van der Waals surface area contributed by atoms with Crippen molar-refractivity contribution in [2.45, 2.75) is 67.0 Å². The molecule has 196 valence electrons. The van der Waals surface area contributed by atoms with E-state index in [0.29, 0.717) is 35.6 Å². The minimum absolute atomic E-state index is 0.110. The number of allylic oxidation sites excluding steroid dienone is 1. The molecule has 0 aliphatic heterocycles. The van der Waals surface area contributed by atoms with E-state index in [1.807, 2.05) is 33.8 Å². The van der Waals surface area contributed by atoms with E-state index in [9.17, 15) is 22.8 Å². The zero-order chi connectivity index (χ0) is 27.2. The molecule has 0 aliphatic carbocycles. The molecule has 6 nitrogen and oxygen atoms in total. The molecule has 2 aromatic rings. The van der Waals surface area contributed by atoms with Gasteiger partial charge in [0, 0.05) is 23.9 Å². The Balaban J connectivity index is 2.52. The highest BCUT2D eigenvalue weighted by Gasteiger charge is 2.30. The molecule has 1 atom stereocenters. The predicted molar refractivity (Wildman–Crippen MR) is 137 cm³/mol. The molecule has 2 amide bonds. The van der Waals surface area contributed by atoms with E-state index in [0.717, 1.165) is 12.1 Å². The number of nitrogens with zero attached hydrogens (tertiary/aromatic N) is 3. The topological polar surface area (TPSA) is 75.2 Å². The number of carbonyl (C=O) groups is 2. The molecule has 2 rings (SSSR count). The first-order valence-corrected chi connectivity index (χ1v) is 12.1. The molecule has 0 fully saturated rings. The van der Waals surface area contributed by atoms with Gasteiger partial charge in [0.25, 0.3) is 0 Å². The lowest BCUT2D eigenvalue weighted by Gasteiger charge is -2.26. The van der Waals surface area contributed by atoms with Crippen LogP contribution in [0.4, 0.5) is 24.9 Å². The van der Waals surface area contributed by atoms with E-state index in [2.05, 4.69) is 15.3 Å². The van der Waals surface area contributed by atoms with Crippen LogP contribution in [0.2, 0.25) is 0 Å². The number of benzene rings is 1. The van der Waals surface area contributed by atoms with Gasteiger partial charge in [0.05, 0.1) is 11.3 Å². The monoisotopic (exact) mass is 504 g/mol. The van der Waals surface area contributed by atoms with Gasteiger partial charge < -0.3 is 0 Å². The van der Waals surface area contributed by atoms with E-state index in [-0.39, 0.29) is 35.5 Å². The Hall–Kier alpha value is -3.23. The zero-order valence-electron chi connectivity index (χ0n) is 21.9. The van der Waals surface area contributed by atoms with Crippen molar-refractivity contribution < 1.29 is 22.8 Å². The van der Waals surface area contributed by atoms with Gasteiger partial charge >= 0.3 is 6.18 Å². The summed E-state index contributed by atoms with van der Waals surface area (Å²) in [7, 11) is 0. The van der Waals surface area contributed by atoms with E-state index < -0.39 is 11.7 Å². The number of hydrogen-bond acceptors (Lipinski definition) is 4. The van der Waals surface area contributed by atoms with Gasteiger partial charge in [-0.3, -0.25) is 19.8 Å². The smallest absolute Gasteiger partial charge is 0.296 e. The zero-order valence-corrected chi connectivity index (χ0v) is 21.9. The molecular formula is C27H35F3N4O2. The summed E-state index contributed by atoms with van der Waals surface area (Å²) in [5.74, 6) is -0.600. The largest absolute Gasteiger partial charge is 0.416 e. The van der Waals surface area contributed by atoms with Gasteiger partial charge in [-0.15, -0.1) is 0 Å². The van der Waals surface area contributed by atoms with Crippen molar-refractivity contribution in [2.75, 3.05) is 16.8 Å². The highest BCUT2D eigenvalue weighted by atomic mass is 19.4. The van der Waals surface area contributed by atoms with Crippen LogP contribution in [0.1, 0.15) is 76.3 Å². The normalized spacial score (nSPS) is 12.9. The lowest BCUT2D eigenvalue weighted by Crippen LogP contribution is -2.36. The van der Waals surface area contributed by atoms with Crippen LogP contribution in [0.5, 0.6) is 0 Å². The number of alkyl halides is 3. The fraction of sp³-hybridized carbons (Fsp3) is 0.481. The van der Waals surface area contributed by atoms with Crippen LogP contribution in [0.3, 0.4) is 0 Å². The third-order valence-corrected chi connectivity index (χ3v) is 5.65. The van der Waals surface area contributed by atoms with Crippen molar-refractivity contribution in [1.82, 2.24) is 9.97 Å². The van der Waals surface area contributed by atoms with E-state index in [4.69, 9.17) is 0 Å². The lowest BCUT2D eigenvalue weighted by molar-refractivity contribution is -0.137. The van der Waals surface area contributed by atoms with Gasteiger partial charge in [-0.2, -0.15) is 18.2 Å². The Labute approximate surface area is 211 Å². The number of hydrogen-bond donors (Lipinski definition) is 1. The van der Waals surface area contributed by atoms with Crippen LogP contribution in [0.15, 0.2) is 30.3 Å². The Kier molecular flexibility index (Phi) is 9.78. The second-order valence-corrected chi connectivity index (χ2v) is 9.43. The third kappa shape index (κ3) is 7.38. The van der Waals surface area contributed by atoms with Crippen molar-refractivity contribution >= 4 is 29.7 Å². The molecular weight excluding hydrogens is 469 g/mol. The summed E-state index contributed by atoms with van der Waals surface area (Å²) < 4.78 is 38.7. The van der Waals surface area contributed by atoms with Gasteiger partial charge in [0.1, 0.15) is 5.82 Å². The summed E-state index contributed by atoms with van der Waals surface area (Å²) in [5.41, 5.74) is 1.19. The van der Waals surface area contributed by atoms with Gasteiger partial charge in [-0.25, -0.2) is 4.98 Å². The van der Waals surface area contributed by atoms with Gasteiger partial charge in [-0.05, 0) is 37.0 Å². The van der Waals surface area contributed by atoms with Gasteiger partial charge in [0.15, 0.2) is 0 Å². The number of amides is 2. The average molecular weight is 505 g/mol. The molecule has 1 aromatic heterocycles. The molecule has 0 aliphatic rings. The summed E-state index contributed by atoms with van der Waals surface area (Å²) in [4.78, 5) is 35.9. The van der Waals surface area contributed by atoms with Gasteiger partial charge in [-0.1, -0.05) is 65.8 Å². The van der Waals surface area contributed by atoms with E-state index in [1.165, 1.54) is 12.1 Å². The second-order valence-electron chi connectivity index (χ2n) is 9.43. The maximum absolute atomic E-state index is 13.1. The standard InChI is InChI=1S/C27H35F3N4O2/c1-8-15-34(25(36)17(4)5)23-22(19(7)31-26(32-23)33-24(35)16(2)3)14-9-18(6)20-10-12-21(13-11-20)27(28,29)30/h9-14,16-18H,8,15H2,1-7H3,(H,31,32,33,35). The van der Waals surface area contributed by atoms with E-state index >= 15 is 0 Å². The molecule has 0 saturated carbocycles. The number of carbonyl (C=O) groups excluding carboxylic acids is 2. The molecule has 36 heavy (non-hydrogen) atoms. The van der Waals surface area contributed by atoms with Crippen LogP contribution in [0.25, 0.3) is 6.08 Å². The highest BCUT2D eigenvalue weighted by Crippen LogP contribution is 2.31. The summed E-state index contributed by atoms with van der Waals surface area (Å²) in [5, 5.41) is 2.71. The van der Waals surface area contributed by atoms with Crippen molar-refractivity contribution in [3.63, 3.8) is 0 Å². The molecule has 1 unspecified atom stereocenters. The Morgan fingerprint density at radius 3 is 2.14 bits per heavy atom. The quantitative estimate of drug-likeness (QED) is 0.417. The maximum Gasteiger partial charge on any atom is 0.416 e. The predicted octanol–water partition coefficient (Wildman–Crippen LogP) is 6.61. The summed E-state index contributed by atoms with van der Waals surface area (Å²) in [6.07, 6.45) is -0.0643. The molecule has 0 radical (unpaired) electrons. The highest BCUT2D eigenvalue weighted by molar-refractivity contribution is 5.96. The Bertz CT molecular complexity index is 1090. The molecule has 0 spiro atoms. The fourth-order valence-corrected chi connectivity index (χ4v) is 3.46. The van der Waals surface area contributed by atoms with Gasteiger partial charge in [0.2, 0.25) is 17.8 Å². The van der Waals surface area contributed by atoms with Crippen LogP contribution >= 0.6 is 0 Å². The summed E-state index contributed by atoms with van der Waals surface area (Å²) in [6, 6.07) is 5.04. The minimum atomic E-state index is -4.39. The van der Waals surface area contributed by atoms with Crippen LogP contribution in [0, 0.1) is 18.8 Å². The minimum Gasteiger partial charge on any atom is -0.296 e. The van der Waals surface area contributed by atoms with Crippen molar-refractivity contribution in [3.8, 4) is 0 Å². The van der Waals surface area contributed by atoms with Crippen molar-refractivity contribution in [3.05, 3.63) is 52.7 Å². The fourth-order valence-electron chi connectivity index (χ4n) is 3.46. The second kappa shape index (κ2) is 12.1. The summed E-state index contributed by atoms with van der Waals surface area (Å²) >= 11 is 0. The summed E-state index contributed by atoms with van der Waals surface area (Å²) in [6.45, 7) is 13.2. The van der Waals surface area contributed by atoms with E-state index in [1.54, 1.807) is 31.7 Å².